The van der Waals surface area contributed by atoms with E-state index in [1.807, 2.05) is 36.4 Å². The van der Waals surface area contributed by atoms with Crippen LogP contribution < -0.4 is 9.64 Å². The van der Waals surface area contributed by atoms with Gasteiger partial charge < -0.3 is 9.84 Å². The van der Waals surface area contributed by atoms with E-state index in [0.29, 0.717) is 41.0 Å². The Hall–Kier alpha value is -3.18. The third-order valence-electron chi connectivity index (χ3n) is 6.24. The number of rotatable bonds is 8. The predicted molar refractivity (Wildman–Crippen MR) is 132 cm³/mol. The van der Waals surface area contributed by atoms with Crippen LogP contribution in [-0.4, -0.2) is 30.1 Å². The van der Waals surface area contributed by atoms with Crippen molar-refractivity contribution in [3.05, 3.63) is 70.8 Å². The monoisotopic (exact) mass is 445 g/mol. The molecule has 0 atom stereocenters. The number of hydrogen-bond acceptors (Lipinski definition) is 4. The zero-order chi connectivity index (χ0) is 23.7. The van der Waals surface area contributed by atoms with Crippen LogP contribution in [0.4, 0.5) is 5.69 Å². The maximum absolute atomic E-state index is 13.8. The molecule has 1 N–H and O–H groups in total. The van der Waals surface area contributed by atoms with E-state index in [1.165, 1.54) is 4.90 Å². The van der Waals surface area contributed by atoms with Gasteiger partial charge in [-0.15, -0.1) is 0 Å². The summed E-state index contributed by atoms with van der Waals surface area (Å²) in [5.41, 5.74) is 3.71. The van der Waals surface area contributed by atoms with Crippen molar-refractivity contribution in [3.8, 4) is 5.75 Å². The van der Waals surface area contributed by atoms with Crippen LogP contribution in [0, 0.1) is 0 Å². The second-order valence-electron chi connectivity index (χ2n) is 9.16. The lowest BCUT2D eigenvalue weighted by molar-refractivity contribution is 0.0893. The third-order valence-corrected chi connectivity index (χ3v) is 6.24. The Morgan fingerprint density at radius 3 is 2.03 bits per heavy atom. The highest BCUT2D eigenvalue weighted by Gasteiger charge is 2.37. The summed E-state index contributed by atoms with van der Waals surface area (Å²) in [6.07, 6.45) is 1.40. The van der Waals surface area contributed by atoms with E-state index in [9.17, 15) is 9.59 Å². The number of aliphatic hydroxyl groups is 1. The largest absolute Gasteiger partial charge is 0.493 e. The molecular weight excluding hydrogens is 414 g/mol. The van der Waals surface area contributed by atoms with Gasteiger partial charge >= 0.3 is 0 Å². The van der Waals surface area contributed by atoms with E-state index in [2.05, 4.69) is 27.7 Å². The van der Waals surface area contributed by atoms with Crippen molar-refractivity contribution in [1.82, 2.24) is 0 Å². The average molecular weight is 446 g/mol. The van der Waals surface area contributed by atoms with Gasteiger partial charge in [0.15, 0.2) is 0 Å². The van der Waals surface area contributed by atoms with E-state index in [-0.39, 0.29) is 30.3 Å². The lowest BCUT2D eigenvalue weighted by atomic mass is 9.88. The Kier molecular flexibility index (Phi) is 6.52. The van der Waals surface area contributed by atoms with Crippen LogP contribution >= 0.6 is 0 Å². The fraction of sp³-hybridized carbons (Fsp3) is 0.357. The maximum atomic E-state index is 13.8. The summed E-state index contributed by atoms with van der Waals surface area (Å²) in [6.45, 7) is 8.91. The molecule has 0 fully saturated rings. The van der Waals surface area contributed by atoms with Crippen molar-refractivity contribution in [2.75, 3.05) is 18.1 Å². The van der Waals surface area contributed by atoms with Crippen LogP contribution in [0.3, 0.4) is 0 Å². The first-order chi connectivity index (χ1) is 15.9. The van der Waals surface area contributed by atoms with Crippen molar-refractivity contribution in [1.29, 1.82) is 0 Å². The molecule has 3 aromatic carbocycles. The van der Waals surface area contributed by atoms with Gasteiger partial charge in [0, 0.05) is 28.5 Å². The SMILES string of the molecule is CC(C)c1cccc(C(C)C)c1N1C(=O)c2cccc3c(OCCCCO)ccc(c23)C1=O. The van der Waals surface area contributed by atoms with Gasteiger partial charge in [0.25, 0.3) is 11.8 Å². The molecule has 1 aliphatic heterocycles. The summed E-state index contributed by atoms with van der Waals surface area (Å²) in [5.74, 6) is 0.362. The summed E-state index contributed by atoms with van der Waals surface area (Å²) < 4.78 is 5.94. The number of amides is 2. The van der Waals surface area contributed by atoms with E-state index in [4.69, 9.17) is 9.84 Å². The second-order valence-corrected chi connectivity index (χ2v) is 9.16. The minimum absolute atomic E-state index is 0.127. The van der Waals surface area contributed by atoms with Gasteiger partial charge in [0.05, 0.1) is 12.3 Å². The number of hydrogen-bond donors (Lipinski definition) is 1. The topological polar surface area (TPSA) is 66.8 Å². The molecule has 0 saturated heterocycles. The molecule has 1 aliphatic rings. The molecule has 2 amide bonds. The maximum Gasteiger partial charge on any atom is 0.266 e. The summed E-state index contributed by atoms with van der Waals surface area (Å²) in [5, 5.41) is 10.4. The van der Waals surface area contributed by atoms with Crippen LogP contribution in [0.1, 0.15) is 84.2 Å². The molecule has 0 radical (unpaired) electrons. The smallest absolute Gasteiger partial charge is 0.266 e. The minimum Gasteiger partial charge on any atom is -0.493 e. The Labute approximate surface area is 195 Å². The molecular formula is C28H31NO4. The molecule has 5 nitrogen and oxygen atoms in total. The number of unbranched alkanes of at least 4 members (excludes halogenated alkanes) is 1. The van der Waals surface area contributed by atoms with Crippen LogP contribution in [0.15, 0.2) is 48.5 Å². The molecule has 3 aromatic rings. The van der Waals surface area contributed by atoms with Crippen molar-refractivity contribution in [2.24, 2.45) is 0 Å². The van der Waals surface area contributed by atoms with Crippen molar-refractivity contribution in [2.45, 2.75) is 52.4 Å². The van der Waals surface area contributed by atoms with E-state index in [1.54, 1.807) is 12.1 Å². The minimum atomic E-state index is -0.300. The molecule has 0 aromatic heterocycles. The second kappa shape index (κ2) is 9.36. The normalized spacial score (nSPS) is 13.5. The van der Waals surface area contributed by atoms with E-state index in [0.717, 1.165) is 22.9 Å². The molecule has 1 heterocycles. The number of para-hydroxylation sites is 1. The first kappa shape index (κ1) is 23.0. The zero-order valence-corrected chi connectivity index (χ0v) is 19.7. The molecule has 0 bridgehead atoms. The highest BCUT2D eigenvalue weighted by Crippen LogP contribution is 2.41. The Balaban J connectivity index is 1.86. The van der Waals surface area contributed by atoms with Gasteiger partial charge in [0.2, 0.25) is 0 Å². The number of carbonyl (C=O) groups excluding carboxylic acids is 2. The van der Waals surface area contributed by atoms with E-state index < -0.39 is 0 Å². The first-order valence-electron chi connectivity index (χ1n) is 11.7. The van der Waals surface area contributed by atoms with Crippen molar-refractivity contribution < 1.29 is 19.4 Å². The number of benzene rings is 3. The molecule has 4 rings (SSSR count). The summed E-state index contributed by atoms with van der Waals surface area (Å²) in [4.78, 5) is 29.0. The number of anilines is 1. The number of carbonyl (C=O) groups is 2. The van der Waals surface area contributed by atoms with Gasteiger partial charge in [-0.05, 0) is 54.0 Å². The molecule has 172 valence electrons. The fourth-order valence-electron chi connectivity index (χ4n) is 4.56. The van der Waals surface area contributed by atoms with Crippen LogP contribution in [0.25, 0.3) is 10.8 Å². The van der Waals surface area contributed by atoms with Gasteiger partial charge in [-0.25, -0.2) is 4.90 Å². The highest BCUT2D eigenvalue weighted by molar-refractivity contribution is 6.36. The molecule has 0 unspecified atom stereocenters. The summed E-state index contributed by atoms with van der Waals surface area (Å²) in [6, 6.07) is 15.1. The fourth-order valence-corrected chi connectivity index (χ4v) is 4.56. The molecule has 0 spiro atoms. The predicted octanol–water partition coefficient (Wildman–Crippen LogP) is 6.04. The highest BCUT2D eigenvalue weighted by atomic mass is 16.5. The standard InChI is InChI=1S/C28H31NO4/c1-17(2)19-9-7-10-20(18(3)4)26(19)29-27(31)22-12-8-11-21-24(33-16-6-5-15-30)14-13-23(25(21)22)28(29)32/h7-14,17-18,30H,5-6,15-16H2,1-4H3. The number of nitrogens with zero attached hydrogens (tertiary/aromatic N) is 1. The lowest BCUT2D eigenvalue weighted by Crippen LogP contribution is -2.41. The molecule has 5 heteroatoms. The van der Waals surface area contributed by atoms with Crippen molar-refractivity contribution >= 4 is 28.3 Å². The third kappa shape index (κ3) is 4.02. The van der Waals surface area contributed by atoms with Gasteiger partial charge in [-0.3, -0.25) is 9.59 Å². The quantitative estimate of drug-likeness (QED) is 0.339. The Bertz CT molecular complexity index is 1160. The average Bonchev–Trinajstić information content (AvgIpc) is 2.80. The molecule has 0 aliphatic carbocycles. The number of aliphatic hydroxyl groups excluding tert-OH is 1. The molecule has 0 saturated carbocycles. The van der Waals surface area contributed by atoms with Gasteiger partial charge in [-0.1, -0.05) is 58.0 Å². The van der Waals surface area contributed by atoms with Gasteiger partial charge in [0.1, 0.15) is 5.75 Å². The van der Waals surface area contributed by atoms with E-state index >= 15 is 0 Å². The Morgan fingerprint density at radius 2 is 1.42 bits per heavy atom. The number of ether oxygens (including phenoxy) is 1. The van der Waals surface area contributed by atoms with Crippen LogP contribution in [0.2, 0.25) is 0 Å². The Morgan fingerprint density at radius 1 is 0.818 bits per heavy atom. The first-order valence-corrected chi connectivity index (χ1v) is 11.7. The summed E-state index contributed by atoms with van der Waals surface area (Å²) >= 11 is 0. The summed E-state index contributed by atoms with van der Waals surface area (Å²) in [7, 11) is 0. The zero-order valence-electron chi connectivity index (χ0n) is 19.7. The van der Waals surface area contributed by atoms with Crippen LogP contribution in [0.5, 0.6) is 5.75 Å². The lowest BCUT2D eigenvalue weighted by Gasteiger charge is -2.32. The number of imide groups is 1. The molecule has 33 heavy (non-hydrogen) atoms. The van der Waals surface area contributed by atoms with Crippen molar-refractivity contribution in [3.63, 3.8) is 0 Å². The van der Waals surface area contributed by atoms with Crippen LogP contribution in [-0.2, 0) is 0 Å². The van der Waals surface area contributed by atoms with Gasteiger partial charge in [-0.2, -0.15) is 0 Å².